The Bertz CT molecular complexity index is 1410. The number of aryl methyl sites for hydroxylation is 1. The fourth-order valence-electron chi connectivity index (χ4n) is 4.07. The Balaban J connectivity index is 1.73. The normalized spacial score (nSPS) is 11.2. The number of nitrogens with zero attached hydrogens (tertiary/aromatic N) is 5. The van der Waals surface area contributed by atoms with Gasteiger partial charge < -0.3 is 13.7 Å². The first-order chi connectivity index (χ1) is 16.1. The highest BCUT2D eigenvalue weighted by atomic mass is 79.9. The lowest BCUT2D eigenvalue weighted by Crippen LogP contribution is -2.14. The number of aromatic nitrogens is 6. The molecule has 2 aromatic heterocycles. The number of tetrazole rings is 1. The van der Waals surface area contributed by atoms with E-state index in [2.05, 4.69) is 41.5 Å². The molecule has 1 N–H and O–H groups in total. The van der Waals surface area contributed by atoms with E-state index in [4.69, 9.17) is 9.15 Å². The predicted octanol–water partition coefficient (Wildman–Crippen LogP) is 4.72. The number of nitrogens with one attached hydrogen (secondary N) is 1. The molecule has 0 fully saturated rings. The van der Waals surface area contributed by atoms with Gasteiger partial charge in [-0.05, 0) is 63.0 Å². The van der Waals surface area contributed by atoms with Crippen molar-refractivity contribution in [1.29, 1.82) is 0 Å². The molecule has 0 radical (unpaired) electrons. The van der Waals surface area contributed by atoms with Crippen molar-refractivity contribution >= 4 is 21.9 Å². The van der Waals surface area contributed by atoms with Crippen LogP contribution in [0.3, 0.4) is 0 Å². The lowest BCUT2D eigenvalue weighted by molar-refractivity contribution is 0.0513. The van der Waals surface area contributed by atoms with Crippen LogP contribution >= 0.6 is 15.9 Å². The highest BCUT2D eigenvalue weighted by molar-refractivity contribution is 9.10. The first-order valence-electron chi connectivity index (χ1n) is 10.3. The highest BCUT2D eigenvalue weighted by Gasteiger charge is 2.27. The average Bonchev–Trinajstić information content (AvgIpc) is 3.54. The van der Waals surface area contributed by atoms with Gasteiger partial charge in [0.2, 0.25) is 0 Å². The number of aromatic amines is 1. The van der Waals surface area contributed by atoms with Crippen LogP contribution in [0.15, 0.2) is 58.1 Å². The lowest BCUT2D eigenvalue weighted by atomic mass is 9.97. The Morgan fingerprint density at radius 2 is 2.00 bits per heavy atom. The van der Waals surface area contributed by atoms with E-state index >= 15 is 0 Å². The minimum Gasteiger partial charge on any atom is -0.472 e. The van der Waals surface area contributed by atoms with Gasteiger partial charge in [0.15, 0.2) is 11.5 Å². The minimum absolute atomic E-state index is 0.291. The molecule has 0 unspecified atom stereocenters. The van der Waals surface area contributed by atoms with Crippen LogP contribution in [0, 0.1) is 6.92 Å². The van der Waals surface area contributed by atoms with Crippen molar-refractivity contribution in [2.24, 2.45) is 0 Å². The number of hydrogen-bond donors (Lipinski definition) is 1. The van der Waals surface area contributed by atoms with Gasteiger partial charge in [0.05, 0.1) is 37.7 Å². The smallest absolute Gasteiger partial charge is 0.356 e. The fraction of sp³-hybridized carbons (Fsp3) is 0.174. The van der Waals surface area contributed by atoms with Gasteiger partial charge in [-0.2, -0.15) is 0 Å². The molecule has 3 heterocycles. The number of carbonyl (C=O) groups excluding carboxylic acids is 1. The van der Waals surface area contributed by atoms with Crippen molar-refractivity contribution in [2.75, 3.05) is 6.61 Å². The quantitative estimate of drug-likeness (QED) is 0.331. The molecular weight excluding hydrogens is 488 g/mol. The van der Waals surface area contributed by atoms with Crippen molar-refractivity contribution in [3.8, 4) is 33.6 Å². The van der Waals surface area contributed by atoms with Crippen molar-refractivity contribution in [1.82, 2.24) is 30.2 Å². The van der Waals surface area contributed by atoms with Crippen molar-refractivity contribution < 1.29 is 13.9 Å². The largest absolute Gasteiger partial charge is 0.472 e. The molecule has 3 aromatic rings. The van der Waals surface area contributed by atoms with Gasteiger partial charge in [-0.15, -0.1) is 5.10 Å². The molecule has 0 atom stereocenters. The van der Waals surface area contributed by atoms with Crippen LogP contribution < -0.4 is 0 Å². The summed E-state index contributed by atoms with van der Waals surface area (Å²) >= 11 is 3.79. The van der Waals surface area contributed by atoms with Crippen molar-refractivity contribution in [3.05, 3.63) is 70.6 Å². The second kappa shape index (κ2) is 8.62. The van der Waals surface area contributed by atoms with Crippen LogP contribution in [0.25, 0.3) is 33.6 Å². The Labute approximate surface area is 197 Å². The van der Waals surface area contributed by atoms with Gasteiger partial charge in [0, 0.05) is 21.2 Å². The Kier molecular flexibility index (Phi) is 5.51. The number of halogens is 1. The van der Waals surface area contributed by atoms with Crippen LogP contribution in [0.1, 0.15) is 28.7 Å². The molecule has 33 heavy (non-hydrogen) atoms. The summed E-state index contributed by atoms with van der Waals surface area (Å²) in [6.45, 7) is 4.28. The number of imidazole rings is 1. The van der Waals surface area contributed by atoms with E-state index in [-0.39, 0.29) is 0 Å². The van der Waals surface area contributed by atoms with E-state index in [0.29, 0.717) is 30.4 Å². The molecular formula is C23H19BrN6O3. The minimum atomic E-state index is -0.396. The van der Waals surface area contributed by atoms with Crippen LogP contribution in [-0.2, 0) is 11.3 Å². The summed E-state index contributed by atoms with van der Waals surface area (Å²) in [6, 6.07) is 9.80. The number of benzene rings is 1. The lowest BCUT2D eigenvalue weighted by Gasteiger charge is -2.13. The summed E-state index contributed by atoms with van der Waals surface area (Å²) in [7, 11) is 0. The number of hydrogen-bond acceptors (Lipinski definition) is 7. The molecule has 9 nitrogen and oxygen atoms in total. The number of rotatable bonds is 6. The summed E-state index contributed by atoms with van der Waals surface area (Å²) < 4.78 is 13.4. The molecule has 0 saturated heterocycles. The van der Waals surface area contributed by atoms with Gasteiger partial charge >= 0.3 is 5.97 Å². The van der Waals surface area contributed by atoms with Gasteiger partial charge in [0.1, 0.15) is 0 Å². The Morgan fingerprint density at radius 1 is 1.18 bits per heavy atom. The summed E-state index contributed by atoms with van der Waals surface area (Å²) in [5.74, 6) is 0.163. The zero-order valence-electron chi connectivity index (χ0n) is 17.9. The van der Waals surface area contributed by atoms with Gasteiger partial charge in [0.25, 0.3) is 0 Å². The third-order valence-electron chi connectivity index (χ3n) is 5.49. The number of carbonyl (C=O) groups is 1. The maximum atomic E-state index is 12.6. The molecule has 1 aliphatic carbocycles. The number of esters is 1. The zero-order chi connectivity index (χ0) is 22.9. The standard InChI is InChI=1S/C23H19BrN6O3/c1-3-33-23(31)21-13(2)25-12-30(21)10-17-14-8-9-32-11-18(14)20(24)19(17)15-6-4-5-7-16(15)22-26-28-29-27-22/h4-9,11-12H,3,10H2,1-2H3,(H,26,27,28,29). The van der Waals surface area contributed by atoms with Gasteiger partial charge in [-0.25, -0.2) is 14.9 Å². The third-order valence-corrected chi connectivity index (χ3v) is 6.31. The van der Waals surface area contributed by atoms with E-state index in [9.17, 15) is 4.79 Å². The molecule has 166 valence electrons. The van der Waals surface area contributed by atoms with E-state index in [1.54, 1.807) is 32.7 Å². The average molecular weight is 507 g/mol. The SMILES string of the molecule is CCOC(=O)c1c(C)ncn1Cc1c2ccocc-2c(Br)c1-c1ccccc1-c1nnn[nH]1. The van der Waals surface area contributed by atoms with Crippen LogP contribution in [-0.4, -0.2) is 42.8 Å². The molecule has 0 amide bonds. The van der Waals surface area contributed by atoms with Gasteiger partial charge in [-0.1, -0.05) is 24.3 Å². The zero-order valence-corrected chi connectivity index (χ0v) is 19.5. The van der Waals surface area contributed by atoms with Crippen molar-refractivity contribution in [3.63, 3.8) is 0 Å². The van der Waals surface area contributed by atoms with Crippen LogP contribution in [0.5, 0.6) is 0 Å². The summed E-state index contributed by atoms with van der Waals surface area (Å²) in [5, 5.41) is 14.4. The van der Waals surface area contributed by atoms with Crippen LogP contribution in [0.2, 0.25) is 0 Å². The van der Waals surface area contributed by atoms with E-state index in [1.165, 1.54) is 0 Å². The fourth-order valence-corrected chi connectivity index (χ4v) is 4.83. The van der Waals surface area contributed by atoms with Crippen LogP contribution in [0.4, 0.5) is 0 Å². The molecule has 2 aliphatic rings. The predicted molar refractivity (Wildman–Crippen MR) is 124 cm³/mol. The Hall–Kier alpha value is -3.79. The molecule has 0 spiro atoms. The van der Waals surface area contributed by atoms with Crippen molar-refractivity contribution in [2.45, 2.75) is 20.4 Å². The number of H-pyrrole nitrogens is 1. The summed E-state index contributed by atoms with van der Waals surface area (Å²) in [6.07, 6.45) is 5.01. The third kappa shape index (κ3) is 3.62. The molecule has 0 saturated carbocycles. The molecule has 1 aromatic carbocycles. The van der Waals surface area contributed by atoms with E-state index in [1.807, 2.05) is 34.9 Å². The van der Waals surface area contributed by atoms with Gasteiger partial charge in [-0.3, -0.25) is 0 Å². The maximum absolute atomic E-state index is 12.6. The first kappa shape index (κ1) is 21.1. The summed E-state index contributed by atoms with van der Waals surface area (Å²) in [5.41, 5.74) is 6.70. The second-order valence-corrected chi connectivity index (χ2v) is 8.17. The molecule has 0 bridgehead atoms. The topological polar surface area (TPSA) is 112 Å². The maximum Gasteiger partial charge on any atom is 0.356 e. The highest BCUT2D eigenvalue weighted by Crippen LogP contribution is 2.48. The second-order valence-electron chi connectivity index (χ2n) is 7.37. The molecule has 5 rings (SSSR count). The number of ether oxygens (including phenoxy) is 1. The molecule has 1 aliphatic heterocycles. The Morgan fingerprint density at radius 3 is 2.76 bits per heavy atom. The number of fused-ring (bicyclic) bond motifs is 1. The van der Waals surface area contributed by atoms with E-state index in [0.717, 1.165) is 37.9 Å². The molecule has 10 heteroatoms. The van der Waals surface area contributed by atoms with E-state index < -0.39 is 5.97 Å². The first-order valence-corrected chi connectivity index (χ1v) is 11.1. The summed E-state index contributed by atoms with van der Waals surface area (Å²) in [4.78, 5) is 17.0. The monoisotopic (exact) mass is 506 g/mol.